The molecule has 2 nitrogen and oxygen atoms in total. The largest absolute Gasteiger partial charge is 2.00 e. The van der Waals surface area contributed by atoms with Gasteiger partial charge in [-0.1, -0.05) is 0 Å². The maximum absolute atomic E-state index is 9.55. The summed E-state index contributed by atoms with van der Waals surface area (Å²) in [5.74, 6) is -0.361. The van der Waals surface area contributed by atoms with Gasteiger partial charge in [-0.2, -0.15) is 12.6 Å². The average molecular weight is 170 g/mol. The molecule has 0 rings (SSSR count). The summed E-state index contributed by atoms with van der Waals surface area (Å²) in [5, 5.41) is 7.86. The Labute approximate surface area is 58.2 Å². The second kappa shape index (κ2) is 6.34. The third-order valence-corrected chi connectivity index (χ3v) is 0.549. The Morgan fingerprint density at radius 2 is 2.14 bits per heavy atom. The van der Waals surface area contributed by atoms with Crippen molar-refractivity contribution in [2.75, 3.05) is 5.75 Å². The standard InChI is InChI=1S/C3H6O2S.Cu/c4-3(5)1-2-6;/h6H,1-2H2,(H,4,5);/q;+2. The van der Waals surface area contributed by atoms with Crippen LogP contribution in [-0.4, -0.2) is 16.8 Å². The quantitative estimate of drug-likeness (QED) is 0.464. The van der Waals surface area contributed by atoms with E-state index in [1.54, 1.807) is 0 Å². The molecule has 0 atom stereocenters. The summed E-state index contributed by atoms with van der Waals surface area (Å²) in [6, 6.07) is 0. The third-order valence-electron chi connectivity index (χ3n) is 0.326. The van der Waals surface area contributed by atoms with Gasteiger partial charge < -0.3 is 5.11 Å². The van der Waals surface area contributed by atoms with E-state index in [2.05, 4.69) is 12.6 Å². The average Bonchev–Trinajstić information content (AvgIpc) is 1.35. The molecule has 0 fully saturated rings. The van der Waals surface area contributed by atoms with Gasteiger partial charge >= 0.3 is 23.0 Å². The number of hydrogen-bond donors (Lipinski definition) is 2. The Bertz CT molecular complexity index is 56.9. The Morgan fingerprint density at radius 1 is 1.71 bits per heavy atom. The van der Waals surface area contributed by atoms with Crippen molar-refractivity contribution in [1.29, 1.82) is 0 Å². The minimum atomic E-state index is -0.787. The Kier molecular flexibility index (Phi) is 9.37. The molecule has 0 bridgehead atoms. The van der Waals surface area contributed by atoms with E-state index in [1.807, 2.05) is 0 Å². The Hall–Kier alpha value is 0.339. The number of aliphatic carboxylic acids is 1. The van der Waals surface area contributed by atoms with Gasteiger partial charge in [0.2, 0.25) is 0 Å². The first-order valence-electron chi connectivity index (χ1n) is 1.60. The van der Waals surface area contributed by atoms with Crippen molar-refractivity contribution in [3.63, 3.8) is 0 Å². The minimum absolute atomic E-state index is 0. The molecule has 0 aliphatic heterocycles. The van der Waals surface area contributed by atoms with Gasteiger partial charge in [0.25, 0.3) is 0 Å². The van der Waals surface area contributed by atoms with Crippen LogP contribution in [0.4, 0.5) is 0 Å². The molecular weight excluding hydrogens is 164 g/mol. The SMILES string of the molecule is O=C(O)CCS.[Cu+2]. The van der Waals surface area contributed by atoms with Crippen LogP contribution in [0.3, 0.4) is 0 Å². The number of carboxylic acid groups (broad SMARTS) is 1. The summed E-state index contributed by atoms with van der Waals surface area (Å²) >= 11 is 3.68. The van der Waals surface area contributed by atoms with Crippen molar-refractivity contribution in [1.82, 2.24) is 0 Å². The van der Waals surface area contributed by atoms with Crippen molar-refractivity contribution in [2.45, 2.75) is 6.42 Å². The molecule has 0 aromatic carbocycles. The van der Waals surface area contributed by atoms with Gasteiger partial charge in [-0.25, -0.2) is 0 Å². The fraction of sp³-hybridized carbons (Fsp3) is 0.667. The number of carboxylic acids is 1. The van der Waals surface area contributed by atoms with E-state index in [4.69, 9.17) is 5.11 Å². The van der Waals surface area contributed by atoms with Crippen LogP contribution in [0.25, 0.3) is 0 Å². The summed E-state index contributed by atoms with van der Waals surface area (Å²) in [7, 11) is 0. The fourth-order valence-corrected chi connectivity index (χ4v) is 0.287. The fourth-order valence-electron chi connectivity index (χ4n) is 0.0956. The van der Waals surface area contributed by atoms with Gasteiger partial charge in [-0.3, -0.25) is 4.79 Å². The van der Waals surface area contributed by atoms with E-state index in [0.717, 1.165) is 0 Å². The van der Waals surface area contributed by atoms with E-state index in [9.17, 15) is 4.79 Å². The molecule has 0 unspecified atom stereocenters. The van der Waals surface area contributed by atoms with Crippen LogP contribution in [0, 0.1) is 0 Å². The molecule has 0 aromatic heterocycles. The first kappa shape index (κ1) is 10.3. The molecule has 0 spiro atoms. The molecule has 0 saturated heterocycles. The molecule has 0 saturated carbocycles. The maximum Gasteiger partial charge on any atom is 2.00 e. The van der Waals surface area contributed by atoms with E-state index in [0.29, 0.717) is 5.75 Å². The molecule has 0 amide bonds. The predicted molar refractivity (Wildman–Crippen MR) is 26.1 cm³/mol. The van der Waals surface area contributed by atoms with E-state index >= 15 is 0 Å². The first-order chi connectivity index (χ1) is 2.77. The predicted octanol–water partition coefficient (Wildman–Crippen LogP) is 0.388. The van der Waals surface area contributed by atoms with Crippen LogP contribution >= 0.6 is 12.6 Å². The smallest absolute Gasteiger partial charge is 0.481 e. The second-order valence-corrected chi connectivity index (χ2v) is 1.31. The maximum atomic E-state index is 9.55. The van der Waals surface area contributed by atoms with E-state index in [-0.39, 0.29) is 23.5 Å². The number of carbonyl (C=O) groups is 1. The summed E-state index contributed by atoms with van der Waals surface area (Å²) in [5.41, 5.74) is 0. The van der Waals surface area contributed by atoms with E-state index < -0.39 is 5.97 Å². The molecule has 0 aliphatic rings. The Morgan fingerprint density at radius 3 is 2.14 bits per heavy atom. The Balaban J connectivity index is 0. The summed E-state index contributed by atoms with van der Waals surface area (Å²) in [6.07, 6.45) is 0.156. The van der Waals surface area contributed by atoms with Crippen molar-refractivity contribution in [3.8, 4) is 0 Å². The van der Waals surface area contributed by atoms with E-state index in [1.165, 1.54) is 0 Å². The molecule has 0 heterocycles. The van der Waals surface area contributed by atoms with Crippen LogP contribution in [0.2, 0.25) is 0 Å². The summed E-state index contributed by atoms with van der Waals surface area (Å²) < 4.78 is 0. The van der Waals surface area contributed by atoms with Crippen molar-refractivity contribution >= 4 is 18.6 Å². The molecule has 0 aromatic rings. The monoisotopic (exact) mass is 169 g/mol. The van der Waals surface area contributed by atoms with Gasteiger partial charge in [0.05, 0.1) is 6.42 Å². The molecule has 1 radical (unpaired) electrons. The zero-order chi connectivity index (χ0) is 4.99. The van der Waals surface area contributed by atoms with Crippen LogP contribution in [0.1, 0.15) is 6.42 Å². The minimum Gasteiger partial charge on any atom is -0.481 e. The summed E-state index contributed by atoms with van der Waals surface area (Å²) in [6.45, 7) is 0. The third kappa shape index (κ3) is 10.7. The van der Waals surface area contributed by atoms with Gasteiger partial charge in [-0.15, -0.1) is 0 Å². The van der Waals surface area contributed by atoms with Crippen molar-refractivity contribution in [2.24, 2.45) is 0 Å². The first-order valence-corrected chi connectivity index (χ1v) is 2.23. The number of hydrogen-bond acceptors (Lipinski definition) is 2. The van der Waals surface area contributed by atoms with Crippen molar-refractivity contribution in [3.05, 3.63) is 0 Å². The summed E-state index contributed by atoms with van der Waals surface area (Å²) in [4.78, 5) is 9.55. The molecule has 0 aliphatic carbocycles. The van der Waals surface area contributed by atoms with Crippen molar-refractivity contribution < 1.29 is 27.0 Å². The van der Waals surface area contributed by atoms with Crippen LogP contribution in [-0.2, 0) is 21.9 Å². The molecule has 7 heavy (non-hydrogen) atoms. The van der Waals surface area contributed by atoms with Gasteiger partial charge in [-0.05, 0) is 0 Å². The molecule has 45 valence electrons. The normalized spacial score (nSPS) is 7.00. The van der Waals surface area contributed by atoms with Gasteiger partial charge in [0, 0.05) is 5.75 Å². The number of rotatable bonds is 2. The van der Waals surface area contributed by atoms with Crippen LogP contribution in [0.5, 0.6) is 0 Å². The topological polar surface area (TPSA) is 37.3 Å². The second-order valence-electron chi connectivity index (χ2n) is 0.867. The zero-order valence-electron chi connectivity index (χ0n) is 3.52. The molecule has 4 heteroatoms. The molecular formula is C3H6CuO2S+2. The van der Waals surface area contributed by atoms with Gasteiger partial charge in [0.15, 0.2) is 0 Å². The number of thiol groups is 1. The zero-order valence-corrected chi connectivity index (χ0v) is 5.35. The van der Waals surface area contributed by atoms with Crippen LogP contribution in [0.15, 0.2) is 0 Å². The van der Waals surface area contributed by atoms with Crippen LogP contribution < -0.4 is 0 Å². The molecule has 1 N–H and O–H groups in total. The van der Waals surface area contributed by atoms with Gasteiger partial charge in [0.1, 0.15) is 0 Å².